The molecule has 2 aromatic rings. The SMILES string of the molecule is Cc1cc(NC(C)c2ccc(N)cc2)ccn1. The van der Waals surface area contributed by atoms with Crippen LogP contribution in [0.5, 0.6) is 0 Å². The maximum atomic E-state index is 5.67. The average molecular weight is 227 g/mol. The topological polar surface area (TPSA) is 50.9 Å². The van der Waals surface area contributed by atoms with Crippen molar-refractivity contribution in [3.05, 3.63) is 53.9 Å². The number of nitrogens with two attached hydrogens (primary N) is 1. The predicted octanol–water partition coefficient (Wildman–Crippen LogP) is 3.15. The van der Waals surface area contributed by atoms with E-state index in [-0.39, 0.29) is 6.04 Å². The summed E-state index contributed by atoms with van der Waals surface area (Å²) in [5.74, 6) is 0. The number of aromatic nitrogens is 1. The molecule has 0 aliphatic heterocycles. The van der Waals surface area contributed by atoms with Crippen LogP contribution in [-0.2, 0) is 0 Å². The number of benzene rings is 1. The monoisotopic (exact) mass is 227 g/mol. The zero-order valence-electron chi connectivity index (χ0n) is 10.1. The minimum Gasteiger partial charge on any atom is -0.399 e. The molecule has 1 unspecified atom stereocenters. The highest BCUT2D eigenvalue weighted by molar-refractivity contribution is 5.47. The fourth-order valence-corrected chi connectivity index (χ4v) is 1.75. The Hall–Kier alpha value is -2.03. The van der Waals surface area contributed by atoms with Crippen LogP contribution in [0.4, 0.5) is 11.4 Å². The number of hydrogen-bond acceptors (Lipinski definition) is 3. The maximum absolute atomic E-state index is 5.67. The second kappa shape index (κ2) is 4.87. The van der Waals surface area contributed by atoms with Gasteiger partial charge in [-0.25, -0.2) is 0 Å². The lowest BCUT2D eigenvalue weighted by Gasteiger charge is -2.16. The summed E-state index contributed by atoms with van der Waals surface area (Å²) in [6.45, 7) is 4.11. The molecule has 0 aliphatic carbocycles. The maximum Gasteiger partial charge on any atom is 0.0485 e. The molecule has 0 amide bonds. The quantitative estimate of drug-likeness (QED) is 0.792. The smallest absolute Gasteiger partial charge is 0.0485 e. The van der Waals surface area contributed by atoms with Gasteiger partial charge in [0.05, 0.1) is 0 Å². The summed E-state index contributed by atoms with van der Waals surface area (Å²) in [6, 6.07) is 12.2. The van der Waals surface area contributed by atoms with Gasteiger partial charge in [0, 0.05) is 29.3 Å². The van der Waals surface area contributed by atoms with Crippen LogP contribution in [0.15, 0.2) is 42.6 Å². The molecule has 1 atom stereocenters. The molecule has 3 heteroatoms. The third kappa shape index (κ3) is 2.97. The summed E-state index contributed by atoms with van der Waals surface area (Å²) in [7, 11) is 0. The van der Waals surface area contributed by atoms with E-state index in [0.717, 1.165) is 17.1 Å². The molecule has 0 saturated carbocycles. The fraction of sp³-hybridized carbons (Fsp3) is 0.214. The zero-order valence-corrected chi connectivity index (χ0v) is 10.1. The Morgan fingerprint density at radius 3 is 2.53 bits per heavy atom. The molecule has 0 spiro atoms. The number of nitrogens with one attached hydrogen (secondary N) is 1. The van der Waals surface area contributed by atoms with Gasteiger partial charge in [0.15, 0.2) is 0 Å². The van der Waals surface area contributed by atoms with Crippen molar-refractivity contribution in [2.45, 2.75) is 19.9 Å². The first-order valence-electron chi connectivity index (χ1n) is 5.70. The van der Waals surface area contributed by atoms with Gasteiger partial charge in [-0.1, -0.05) is 12.1 Å². The van der Waals surface area contributed by atoms with Crippen LogP contribution in [0.3, 0.4) is 0 Å². The summed E-state index contributed by atoms with van der Waals surface area (Å²) < 4.78 is 0. The van der Waals surface area contributed by atoms with E-state index in [9.17, 15) is 0 Å². The number of pyridine rings is 1. The minimum absolute atomic E-state index is 0.248. The predicted molar refractivity (Wildman–Crippen MR) is 71.9 cm³/mol. The molecule has 1 heterocycles. The molecule has 1 aromatic heterocycles. The van der Waals surface area contributed by atoms with Gasteiger partial charge in [0.25, 0.3) is 0 Å². The zero-order chi connectivity index (χ0) is 12.3. The van der Waals surface area contributed by atoms with Crippen LogP contribution in [0.1, 0.15) is 24.2 Å². The van der Waals surface area contributed by atoms with Crippen LogP contribution in [0, 0.1) is 6.92 Å². The van der Waals surface area contributed by atoms with Gasteiger partial charge in [-0.3, -0.25) is 4.98 Å². The van der Waals surface area contributed by atoms with Crippen LogP contribution in [-0.4, -0.2) is 4.98 Å². The Labute approximate surface area is 102 Å². The van der Waals surface area contributed by atoms with Crippen molar-refractivity contribution in [1.29, 1.82) is 0 Å². The van der Waals surface area contributed by atoms with Crippen molar-refractivity contribution in [1.82, 2.24) is 4.98 Å². The van der Waals surface area contributed by atoms with Gasteiger partial charge in [0.2, 0.25) is 0 Å². The number of nitrogen functional groups attached to an aromatic ring is 1. The molecule has 0 saturated heterocycles. The Balaban J connectivity index is 2.11. The fourth-order valence-electron chi connectivity index (χ4n) is 1.75. The van der Waals surface area contributed by atoms with Crippen LogP contribution >= 0.6 is 0 Å². The van der Waals surface area contributed by atoms with E-state index in [2.05, 4.69) is 17.2 Å². The number of anilines is 2. The largest absolute Gasteiger partial charge is 0.399 e. The molecule has 88 valence electrons. The molecule has 0 bridgehead atoms. The number of hydrogen-bond donors (Lipinski definition) is 2. The molecule has 0 aliphatic rings. The van der Waals surface area contributed by atoms with E-state index in [1.807, 2.05) is 49.5 Å². The van der Waals surface area contributed by atoms with Crippen LogP contribution in [0.2, 0.25) is 0 Å². The van der Waals surface area contributed by atoms with Crippen LogP contribution in [0.25, 0.3) is 0 Å². The lowest BCUT2D eigenvalue weighted by Crippen LogP contribution is -2.06. The van der Waals surface area contributed by atoms with Gasteiger partial charge >= 0.3 is 0 Å². The molecule has 3 nitrogen and oxygen atoms in total. The van der Waals surface area contributed by atoms with Crippen molar-refractivity contribution in [3.8, 4) is 0 Å². The third-order valence-corrected chi connectivity index (χ3v) is 2.72. The Kier molecular flexibility index (Phi) is 3.28. The van der Waals surface area contributed by atoms with E-state index in [0.29, 0.717) is 0 Å². The standard InChI is InChI=1S/C14H17N3/c1-10-9-14(7-8-16-10)17-11(2)12-3-5-13(15)6-4-12/h3-9,11H,15H2,1-2H3,(H,16,17). The van der Waals surface area contributed by atoms with Gasteiger partial charge in [0.1, 0.15) is 0 Å². The third-order valence-electron chi connectivity index (χ3n) is 2.72. The van der Waals surface area contributed by atoms with Gasteiger partial charge in [-0.15, -0.1) is 0 Å². The highest BCUT2D eigenvalue weighted by Gasteiger charge is 2.04. The molecular formula is C14H17N3. The van der Waals surface area contributed by atoms with E-state index in [1.165, 1.54) is 5.56 Å². The Morgan fingerprint density at radius 1 is 1.18 bits per heavy atom. The van der Waals surface area contributed by atoms with E-state index < -0.39 is 0 Å². The molecule has 17 heavy (non-hydrogen) atoms. The lowest BCUT2D eigenvalue weighted by atomic mass is 10.1. The van der Waals surface area contributed by atoms with Crippen molar-refractivity contribution in [3.63, 3.8) is 0 Å². The normalized spacial score (nSPS) is 12.1. The molecule has 0 fully saturated rings. The second-order valence-electron chi connectivity index (χ2n) is 4.22. The summed E-state index contributed by atoms with van der Waals surface area (Å²) in [5.41, 5.74) is 9.78. The van der Waals surface area contributed by atoms with Gasteiger partial charge < -0.3 is 11.1 Å². The Morgan fingerprint density at radius 2 is 1.88 bits per heavy atom. The lowest BCUT2D eigenvalue weighted by molar-refractivity contribution is 0.883. The van der Waals surface area contributed by atoms with E-state index in [4.69, 9.17) is 5.73 Å². The van der Waals surface area contributed by atoms with Gasteiger partial charge in [-0.05, 0) is 43.7 Å². The van der Waals surface area contributed by atoms with Crippen LogP contribution < -0.4 is 11.1 Å². The summed E-state index contributed by atoms with van der Waals surface area (Å²) in [6.07, 6.45) is 1.81. The average Bonchev–Trinajstić information content (AvgIpc) is 2.29. The number of nitrogens with zero attached hydrogens (tertiary/aromatic N) is 1. The van der Waals surface area contributed by atoms with E-state index >= 15 is 0 Å². The number of aryl methyl sites for hydroxylation is 1. The first-order valence-corrected chi connectivity index (χ1v) is 5.70. The number of rotatable bonds is 3. The molecule has 3 N–H and O–H groups in total. The van der Waals surface area contributed by atoms with Crippen molar-refractivity contribution in [2.24, 2.45) is 0 Å². The first kappa shape index (κ1) is 11.5. The highest BCUT2D eigenvalue weighted by atomic mass is 14.9. The molecule has 0 radical (unpaired) electrons. The second-order valence-corrected chi connectivity index (χ2v) is 4.22. The molecular weight excluding hydrogens is 210 g/mol. The summed E-state index contributed by atoms with van der Waals surface area (Å²) >= 11 is 0. The summed E-state index contributed by atoms with van der Waals surface area (Å²) in [4.78, 5) is 4.17. The van der Waals surface area contributed by atoms with Crippen molar-refractivity contribution in [2.75, 3.05) is 11.1 Å². The minimum atomic E-state index is 0.248. The van der Waals surface area contributed by atoms with Crippen molar-refractivity contribution < 1.29 is 0 Å². The Bertz CT molecular complexity index is 491. The highest BCUT2D eigenvalue weighted by Crippen LogP contribution is 2.20. The molecule has 1 aromatic carbocycles. The molecule has 2 rings (SSSR count). The first-order chi connectivity index (χ1) is 8.15. The van der Waals surface area contributed by atoms with Crippen molar-refractivity contribution >= 4 is 11.4 Å². The van der Waals surface area contributed by atoms with E-state index in [1.54, 1.807) is 0 Å². The summed E-state index contributed by atoms with van der Waals surface area (Å²) in [5, 5.41) is 3.44. The van der Waals surface area contributed by atoms with Gasteiger partial charge in [-0.2, -0.15) is 0 Å².